The molecule has 0 saturated carbocycles. The lowest BCUT2D eigenvalue weighted by Crippen LogP contribution is -2.49. The minimum atomic E-state index is -2.89. The molecule has 0 spiro atoms. The number of carbonyl (C=O) groups excluding carboxylic acids is 1. The third-order valence-corrected chi connectivity index (χ3v) is 5.37. The van der Waals surface area contributed by atoms with Gasteiger partial charge in [0.2, 0.25) is 0 Å². The van der Waals surface area contributed by atoms with Gasteiger partial charge in [0, 0.05) is 19.4 Å². The zero-order valence-electron chi connectivity index (χ0n) is 16.7. The molecule has 160 valence electrons. The lowest BCUT2D eigenvalue weighted by molar-refractivity contribution is -0.0607. The van der Waals surface area contributed by atoms with E-state index in [4.69, 9.17) is 4.74 Å². The SMILES string of the molecule is C=CCC1(c2ccc(F)cc2)CCN([C@@H](CC)c2ccc(OC(F)F)cc2)C(=O)O1. The van der Waals surface area contributed by atoms with Gasteiger partial charge in [-0.1, -0.05) is 37.3 Å². The van der Waals surface area contributed by atoms with Crippen molar-refractivity contribution in [1.82, 2.24) is 4.90 Å². The zero-order chi connectivity index (χ0) is 21.7. The number of nitrogens with zero attached hydrogens (tertiary/aromatic N) is 1. The summed E-state index contributed by atoms with van der Waals surface area (Å²) in [6, 6.07) is 11.9. The van der Waals surface area contributed by atoms with Crippen LogP contribution in [0.1, 0.15) is 43.4 Å². The molecule has 1 fully saturated rings. The van der Waals surface area contributed by atoms with Gasteiger partial charge < -0.3 is 14.4 Å². The molecule has 0 aliphatic carbocycles. The Bertz CT molecular complexity index is 870. The molecule has 30 heavy (non-hydrogen) atoms. The Morgan fingerprint density at radius 1 is 1.20 bits per heavy atom. The van der Waals surface area contributed by atoms with Crippen LogP contribution in [0.4, 0.5) is 18.0 Å². The van der Waals surface area contributed by atoms with Crippen LogP contribution in [0.15, 0.2) is 61.2 Å². The lowest BCUT2D eigenvalue weighted by atomic mass is 9.85. The fourth-order valence-electron chi connectivity index (χ4n) is 3.91. The van der Waals surface area contributed by atoms with Gasteiger partial charge in [-0.25, -0.2) is 9.18 Å². The predicted octanol–water partition coefficient (Wildman–Crippen LogP) is 6.19. The van der Waals surface area contributed by atoms with E-state index in [1.54, 1.807) is 35.2 Å². The summed E-state index contributed by atoms with van der Waals surface area (Å²) < 4.78 is 48.4. The molecular weight excluding hydrogens is 395 g/mol. The van der Waals surface area contributed by atoms with Crippen molar-refractivity contribution in [3.8, 4) is 5.75 Å². The maximum Gasteiger partial charge on any atom is 0.411 e. The van der Waals surface area contributed by atoms with E-state index in [9.17, 15) is 18.0 Å². The highest BCUT2D eigenvalue weighted by Gasteiger charge is 2.43. The minimum absolute atomic E-state index is 0.0612. The summed E-state index contributed by atoms with van der Waals surface area (Å²) in [7, 11) is 0. The predicted molar refractivity (Wildman–Crippen MR) is 107 cm³/mol. The lowest BCUT2D eigenvalue weighted by Gasteiger charge is -2.43. The van der Waals surface area contributed by atoms with Crippen molar-refractivity contribution in [2.75, 3.05) is 6.54 Å². The Morgan fingerprint density at radius 2 is 1.87 bits per heavy atom. The van der Waals surface area contributed by atoms with Crippen LogP contribution in [0.2, 0.25) is 0 Å². The van der Waals surface area contributed by atoms with Gasteiger partial charge >= 0.3 is 12.7 Å². The molecule has 0 N–H and O–H groups in total. The highest BCUT2D eigenvalue weighted by atomic mass is 19.3. The van der Waals surface area contributed by atoms with Crippen molar-refractivity contribution < 1.29 is 27.4 Å². The molecule has 7 heteroatoms. The number of amides is 1. The zero-order valence-corrected chi connectivity index (χ0v) is 16.7. The van der Waals surface area contributed by atoms with Gasteiger partial charge in [0.25, 0.3) is 0 Å². The van der Waals surface area contributed by atoms with Crippen molar-refractivity contribution in [2.24, 2.45) is 0 Å². The summed E-state index contributed by atoms with van der Waals surface area (Å²) in [6.45, 7) is 3.25. The largest absolute Gasteiger partial charge is 0.437 e. The summed E-state index contributed by atoms with van der Waals surface area (Å²) in [4.78, 5) is 14.6. The van der Waals surface area contributed by atoms with Crippen molar-refractivity contribution in [1.29, 1.82) is 0 Å². The van der Waals surface area contributed by atoms with Gasteiger partial charge in [0.05, 0.1) is 6.04 Å². The molecule has 0 bridgehead atoms. The number of alkyl halides is 2. The maximum atomic E-state index is 13.4. The number of hydrogen-bond acceptors (Lipinski definition) is 3. The van der Waals surface area contributed by atoms with Crippen molar-refractivity contribution in [3.05, 3.63) is 78.1 Å². The maximum absolute atomic E-state index is 13.4. The standard InChI is InChI=1S/C23H24F3NO3/c1-3-13-23(17-7-9-18(24)10-8-17)14-15-27(22(28)30-23)20(4-2)16-5-11-19(12-6-16)29-21(25)26/h3,5-12,20-21H,1,4,13-15H2,2H3/t20-,23?/m0/s1. The van der Waals surface area contributed by atoms with Crippen LogP contribution in [0.25, 0.3) is 0 Å². The summed E-state index contributed by atoms with van der Waals surface area (Å²) >= 11 is 0. The molecule has 1 aliphatic heterocycles. The van der Waals surface area contributed by atoms with Crippen LogP contribution in [-0.4, -0.2) is 24.1 Å². The number of ether oxygens (including phenoxy) is 2. The monoisotopic (exact) mass is 419 g/mol. The Hall–Kier alpha value is -2.96. The summed E-state index contributed by atoms with van der Waals surface area (Å²) in [5.74, 6) is -0.298. The topological polar surface area (TPSA) is 38.8 Å². The highest BCUT2D eigenvalue weighted by Crippen LogP contribution is 2.40. The van der Waals surface area contributed by atoms with Gasteiger partial charge in [-0.3, -0.25) is 0 Å². The molecular formula is C23H24F3NO3. The smallest absolute Gasteiger partial charge is 0.411 e. The summed E-state index contributed by atoms with van der Waals surface area (Å²) in [5, 5.41) is 0. The van der Waals surface area contributed by atoms with Crippen molar-refractivity contribution in [3.63, 3.8) is 0 Å². The first-order chi connectivity index (χ1) is 14.4. The molecule has 1 aliphatic rings. The second kappa shape index (κ2) is 9.24. The van der Waals surface area contributed by atoms with E-state index >= 15 is 0 Å². The van der Waals surface area contributed by atoms with E-state index in [-0.39, 0.29) is 17.6 Å². The molecule has 1 amide bonds. The minimum Gasteiger partial charge on any atom is -0.437 e. The van der Waals surface area contributed by atoms with Crippen molar-refractivity contribution >= 4 is 6.09 Å². The second-order valence-corrected chi connectivity index (χ2v) is 7.18. The third kappa shape index (κ3) is 4.61. The molecule has 2 atom stereocenters. The number of hydrogen-bond donors (Lipinski definition) is 0. The van der Waals surface area contributed by atoms with Crippen LogP contribution < -0.4 is 4.74 Å². The van der Waals surface area contributed by atoms with Gasteiger partial charge in [-0.15, -0.1) is 6.58 Å². The van der Waals surface area contributed by atoms with Gasteiger partial charge in [0.15, 0.2) is 0 Å². The fraction of sp³-hybridized carbons (Fsp3) is 0.348. The quantitative estimate of drug-likeness (QED) is 0.479. The Kier molecular flexibility index (Phi) is 6.70. The van der Waals surface area contributed by atoms with Crippen LogP contribution in [0, 0.1) is 5.82 Å². The van der Waals surface area contributed by atoms with Gasteiger partial charge in [0.1, 0.15) is 17.2 Å². The molecule has 3 rings (SSSR count). The Morgan fingerprint density at radius 3 is 2.40 bits per heavy atom. The number of halogens is 3. The Labute approximate surface area is 173 Å². The van der Waals surface area contributed by atoms with E-state index in [2.05, 4.69) is 11.3 Å². The molecule has 0 radical (unpaired) electrons. The normalized spacial score (nSPS) is 20.0. The van der Waals surface area contributed by atoms with E-state index in [0.717, 1.165) is 11.1 Å². The highest BCUT2D eigenvalue weighted by molar-refractivity contribution is 5.70. The first-order valence-electron chi connectivity index (χ1n) is 9.80. The van der Waals surface area contributed by atoms with Crippen LogP contribution >= 0.6 is 0 Å². The second-order valence-electron chi connectivity index (χ2n) is 7.18. The van der Waals surface area contributed by atoms with Crippen LogP contribution in [0.3, 0.4) is 0 Å². The molecule has 0 aromatic heterocycles. The number of carbonyl (C=O) groups is 1. The molecule has 1 unspecified atom stereocenters. The van der Waals surface area contributed by atoms with Crippen LogP contribution in [0.5, 0.6) is 5.75 Å². The average Bonchev–Trinajstić information content (AvgIpc) is 2.71. The first-order valence-corrected chi connectivity index (χ1v) is 9.80. The first kappa shape index (κ1) is 21.7. The average molecular weight is 419 g/mol. The summed E-state index contributed by atoms with van der Waals surface area (Å²) in [5.41, 5.74) is 0.628. The van der Waals surface area contributed by atoms with E-state index in [1.807, 2.05) is 6.92 Å². The Balaban J connectivity index is 1.80. The van der Waals surface area contributed by atoms with Gasteiger partial charge in [-0.05, 0) is 41.8 Å². The van der Waals surface area contributed by atoms with E-state index in [1.165, 1.54) is 24.3 Å². The van der Waals surface area contributed by atoms with E-state index in [0.29, 0.717) is 25.8 Å². The van der Waals surface area contributed by atoms with E-state index < -0.39 is 18.3 Å². The fourth-order valence-corrected chi connectivity index (χ4v) is 3.91. The molecule has 2 aromatic carbocycles. The number of rotatable bonds is 8. The molecule has 1 saturated heterocycles. The summed E-state index contributed by atoms with van der Waals surface area (Å²) in [6.07, 6.45) is 2.75. The van der Waals surface area contributed by atoms with Crippen LogP contribution in [-0.2, 0) is 10.3 Å². The number of cyclic esters (lactones) is 1. The molecule has 2 aromatic rings. The molecule has 4 nitrogen and oxygen atoms in total. The number of benzene rings is 2. The van der Waals surface area contributed by atoms with Gasteiger partial charge in [-0.2, -0.15) is 8.78 Å². The van der Waals surface area contributed by atoms with Crippen molar-refractivity contribution in [2.45, 2.75) is 44.4 Å². The third-order valence-electron chi connectivity index (χ3n) is 5.37. The molecule has 1 heterocycles.